The van der Waals surface area contributed by atoms with Gasteiger partial charge in [-0.1, -0.05) is 23.8 Å². The van der Waals surface area contributed by atoms with Crippen LogP contribution in [0.5, 0.6) is 0 Å². The molecule has 5 heteroatoms. The number of nitrogens with two attached hydrogens (primary N) is 1. The van der Waals surface area contributed by atoms with E-state index in [0.717, 1.165) is 11.1 Å². The number of hydrogen-bond donors (Lipinski definition) is 2. The Kier molecular flexibility index (Phi) is 4.44. The second-order valence-corrected chi connectivity index (χ2v) is 5.60. The molecule has 0 aliphatic heterocycles. The molecule has 122 valence electrons. The maximum Gasteiger partial charge on any atom is 0.251 e. The van der Waals surface area contributed by atoms with E-state index in [2.05, 4.69) is 5.32 Å². The average molecular weight is 322 g/mol. The number of carbonyl (C=O) groups is 1. The largest absolute Gasteiger partial charge is 0.456 e. The van der Waals surface area contributed by atoms with Gasteiger partial charge in [0.1, 0.15) is 11.3 Å². The first-order valence-electron chi connectivity index (χ1n) is 7.72. The van der Waals surface area contributed by atoms with Crippen molar-refractivity contribution < 1.29 is 9.21 Å². The lowest BCUT2D eigenvalue weighted by molar-refractivity contribution is 0.0955. The van der Waals surface area contributed by atoms with Crippen LogP contribution in [-0.2, 0) is 0 Å². The van der Waals surface area contributed by atoms with Crippen LogP contribution in [0.15, 0.2) is 57.7 Å². The fourth-order valence-corrected chi connectivity index (χ4v) is 2.49. The van der Waals surface area contributed by atoms with Crippen LogP contribution >= 0.6 is 0 Å². The van der Waals surface area contributed by atoms with Gasteiger partial charge in [-0.15, -0.1) is 0 Å². The molecular weight excluding hydrogens is 304 g/mol. The van der Waals surface area contributed by atoms with Crippen molar-refractivity contribution >= 4 is 16.9 Å². The maximum absolute atomic E-state index is 12.3. The summed E-state index contributed by atoms with van der Waals surface area (Å²) in [6, 6.07) is 13.9. The predicted molar refractivity (Wildman–Crippen MR) is 94.0 cm³/mol. The summed E-state index contributed by atoms with van der Waals surface area (Å²) in [7, 11) is 0. The van der Waals surface area contributed by atoms with Crippen LogP contribution in [-0.4, -0.2) is 19.0 Å². The highest BCUT2D eigenvalue weighted by molar-refractivity contribution is 5.94. The van der Waals surface area contributed by atoms with Crippen molar-refractivity contribution in [2.75, 3.05) is 13.1 Å². The highest BCUT2D eigenvalue weighted by atomic mass is 16.3. The summed E-state index contributed by atoms with van der Waals surface area (Å²) in [5, 5.41) is 3.28. The molecule has 24 heavy (non-hydrogen) atoms. The van der Waals surface area contributed by atoms with Crippen LogP contribution in [0.3, 0.4) is 0 Å². The van der Waals surface area contributed by atoms with Crippen LogP contribution in [0.4, 0.5) is 0 Å². The summed E-state index contributed by atoms with van der Waals surface area (Å²) in [6.45, 7) is 2.76. The first kappa shape index (κ1) is 16.0. The Hall–Kier alpha value is -2.92. The molecule has 1 amide bonds. The third-order valence-corrected chi connectivity index (χ3v) is 3.74. The molecule has 1 aromatic heterocycles. The first-order valence-corrected chi connectivity index (χ1v) is 7.72. The molecule has 0 spiro atoms. The lowest BCUT2D eigenvalue weighted by atomic mass is 10.1. The minimum atomic E-state index is -0.178. The van der Waals surface area contributed by atoms with Gasteiger partial charge < -0.3 is 15.5 Å². The minimum absolute atomic E-state index is 0.0836. The number of rotatable bonds is 4. The molecule has 0 unspecified atom stereocenters. The van der Waals surface area contributed by atoms with Gasteiger partial charge in [-0.05, 0) is 31.2 Å². The molecule has 2 aromatic carbocycles. The van der Waals surface area contributed by atoms with Gasteiger partial charge in [0.25, 0.3) is 5.91 Å². The smallest absolute Gasteiger partial charge is 0.251 e. The number of carbonyl (C=O) groups excluding carboxylic acids is 1. The Labute approximate surface area is 139 Å². The van der Waals surface area contributed by atoms with E-state index in [0.29, 0.717) is 35.4 Å². The Morgan fingerprint density at radius 3 is 2.58 bits per heavy atom. The summed E-state index contributed by atoms with van der Waals surface area (Å²) in [6.07, 6.45) is 0. The minimum Gasteiger partial charge on any atom is -0.456 e. The topological polar surface area (TPSA) is 85.3 Å². The Morgan fingerprint density at radius 2 is 1.88 bits per heavy atom. The van der Waals surface area contributed by atoms with E-state index in [1.54, 1.807) is 30.3 Å². The molecule has 0 aliphatic rings. The van der Waals surface area contributed by atoms with Crippen molar-refractivity contribution in [1.29, 1.82) is 0 Å². The molecule has 3 aromatic rings. The second kappa shape index (κ2) is 6.68. The Bertz CT molecular complexity index is 943. The van der Waals surface area contributed by atoms with Crippen LogP contribution in [0.25, 0.3) is 22.3 Å². The Balaban J connectivity index is 1.94. The summed E-state index contributed by atoms with van der Waals surface area (Å²) in [5.74, 6) is 0.299. The van der Waals surface area contributed by atoms with Crippen LogP contribution < -0.4 is 16.5 Å². The zero-order valence-electron chi connectivity index (χ0n) is 13.3. The van der Waals surface area contributed by atoms with E-state index in [1.807, 2.05) is 19.1 Å². The summed E-state index contributed by atoms with van der Waals surface area (Å²) in [4.78, 5) is 24.2. The van der Waals surface area contributed by atoms with E-state index in [1.165, 1.54) is 6.07 Å². The van der Waals surface area contributed by atoms with Gasteiger partial charge in [-0.25, -0.2) is 0 Å². The standard InChI is InChI=1S/C19H18N2O3/c1-12-2-7-17-15(10-12)16(22)11-18(24-17)13-3-5-14(6-4-13)19(23)21-9-8-20/h2-7,10-11H,8-9,20H2,1H3,(H,21,23). The van der Waals surface area contributed by atoms with Gasteiger partial charge in [0.2, 0.25) is 0 Å². The molecule has 3 N–H and O–H groups in total. The molecule has 0 saturated heterocycles. The molecule has 0 saturated carbocycles. The molecular formula is C19H18N2O3. The molecule has 3 rings (SSSR count). The third kappa shape index (κ3) is 3.21. The summed E-state index contributed by atoms with van der Waals surface area (Å²) < 4.78 is 5.83. The number of hydrogen-bond acceptors (Lipinski definition) is 4. The van der Waals surface area contributed by atoms with Crippen LogP contribution in [0, 0.1) is 6.92 Å². The highest BCUT2D eigenvalue weighted by Crippen LogP contribution is 2.23. The third-order valence-electron chi connectivity index (χ3n) is 3.74. The van der Waals surface area contributed by atoms with E-state index in [9.17, 15) is 9.59 Å². The van der Waals surface area contributed by atoms with Crippen molar-refractivity contribution in [2.45, 2.75) is 6.92 Å². The van der Waals surface area contributed by atoms with Crippen molar-refractivity contribution in [1.82, 2.24) is 5.32 Å². The van der Waals surface area contributed by atoms with Crippen molar-refractivity contribution in [3.8, 4) is 11.3 Å². The molecule has 0 atom stereocenters. The number of fused-ring (bicyclic) bond motifs is 1. The molecule has 0 aliphatic carbocycles. The molecule has 5 nitrogen and oxygen atoms in total. The van der Waals surface area contributed by atoms with Crippen LogP contribution in [0.1, 0.15) is 15.9 Å². The van der Waals surface area contributed by atoms with E-state index in [4.69, 9.17) is 10.2 Å². The maximum atomic E-state index is 12.3. The van der Waals surface area contributed by atoms with Gasteiger partial charge in [0.05, 0.1) is 5.39 Å². The van der Waals surface area contributed by atoms with Gasteiger partial charge in [-0.2, -0.15) is 0 Å². The van der Waals surface area contributed by atoms with Crippen molar-refractivity contribution in [3.05, 3.63) is 69.9 Å². The van der Waals surface area contributed by atoms with Gasteiger partial charge >= 0.3 is 0 Å². The molecule has 0 bridgehead atoms. The van der Waals surface area contributed by atoms with Gasteiger partial charge in [-0.3, -0.25) is 9.59 Å². The average Bonchev–Trinajstić information content (AvgIpc) is 2.60. The number of benzene rings is 2. The number of aryl methyl sites for hydroxylation is 1. The van der Waals surface area contributed by atoms with E-state index >= 15 is 0 Å². The quantitative estimate of drug-likeness (QED) is 0.772. The zero-order chi connectivity index (χ0) is 17.1. The molecule has 0 radical (unpaired) electrons. The summed E-state index contributed by atoms with van der Waals surface area (Å²) >= 11 is 0. The van der Waals surface area contributed by atoms with E-state index < -0.39 is 0 Å². The Morgan fingerprint density at radius 1 is 1.12 bits per heavy atom. The fourth-order valence-electron chi connectivity index (χ4n) is 2.49. The van der Waals surface area contributed by atoms with Gasteiger partial charge in [0, 0.05) is 30.3 Å². The summed E-state index contributed by atoms with van der Waals surface area (Å²) in [5.41, 5.74) is 8.12. The monoisotopic (exact) mass is 322 g/mol. The lowest BCUT2D eigenvalue weighted by Gasteiger charge is -2.06. The SMILES string of the molecule is Cc1ccc2oc(-c3ccc(C(=O)NCCN)cc3)cc(=O)c2c1. The first-order chi connectivity index (χ1) is 11.6. The van der Waals surface area contributed by atoms with E-state index in [-0.39, 0.29) is 11.3 Å². The normalized spacial score (nSPS) is 10.8. The van der Waals surface area contributed by atoms with Crippen molar-refractivity contribution in [3.63, 3.8) is 0 Å². The zero-order valence-corrected chi connectivity index (χ0v) is 13.3. The highest BCUT2D eigenvalue weighted by Gasteiger charge is 2.09. The number of nitrogens with one attached hydrogen (secondary N) is 1. The predicted octanol–water partition coefficient (Wildman–Crippen LogP) is 2.46. The molecule has 1 heterocycles. The second-order valence-electron chi connectivity index (χ2n) is 5.60. The lowest BCUT2D eigenvalue weighted by Crippen LogP contribution is -2.28. The van der Waals surface area contributed by atoms with Crippen LogP contribution in [0.2, 0.25) is 0 Å². The fraction of sp³-hybridized carbons (Fsp3) is 0.158. The number of amides is 1. The van der Waals surface area contributed by atoms with Crippen molar-refractivity contribution in [2.24, 2.45) is 5.73 Å². The van der Waals surface area contributed by atoms with Gasteiger partial charge in [0.15, 0.2) is 5.43 Å². The molecule has 0 fully saturated rings.